The Morgan fingerprint density at radius 2 is 1.76 bits per heavy atom. The van der Waals surface area contributed by atoms with Gasteiger partial charge in [0.1, 0.15) is 23.4 Å². The second-order valence-corrected chi connectivity index (χ2v) is 12.9. The average Bonchev–Trinajstić information content (AvgIpc) is 3.32. The van der Waals surface area contributed by atoms with Crippen molar-refractivity contribution >= 4 is 48.3 Å². The number of carbonyl (C=O) groups is 3. The van der Waals surface area contributed by atoms with Crippen LogP contribution in [0.15, 0.2) is 60.0 Å². The molecule has 41 heavy (non-hydrogen) atoms. The van der Waals surface area contributed by atoms with E-state index in [2.05, 4.69) is 17.6 Å². The number of hydrogen-bond donors (Lipinski definition) is 5. The van der Waals surface area contributed by atoms with E-state index in [1.54, 1.807) is 59.4 Å². The van der Waals surface area contributed by atoms with Crippen LogP contribution in [0.1, 0.15) is 34.1 Å². The standard InChI is InChI=1S/C29H32N5O5PS/c1-16-23-12-24(29(37)32-13-22-11-18(15-41-22)27(30)31)34(26(16)23)25(35)14-33-28(36)17-3-5-19(6-4-17)39-20-7-9-21(10-8-20)40(2)38/h3-11,15-16,23-24,26,38H,12-14H2,1-2H3,(H3,30,31)(H,32,37)(H,33,36). The van der Waals surface area contributed by atoms with Gasteiger partial charge in [-0.3, -0.25) is 19.8 Å². The van der Waals surface area contributed by atoms with E-state index in [0.29, 0.717) is 41.5 Å². The number of piperidine rings is 1. The first-order valence-electron chi connectivity index (χ1n) is 13.2. The number of carbonyl (C=O) groups excluding carboxylic acids is 3. The largest absolute Gasteiger partial charge is 0.457 e. The van der Waals surface area contributed by atoms with Crippen LogP contribution in [0.25, 0.3) is 0 Å². The second-order valence-electron chi connectivity index (χ2n) is 10.3. The molecule has 1 saturated heterocycles. The summed E-state index contributed by atoms with van der Waals surface area (Å²) >= 11 is 1.41. The Labute approximate surface area is 243 Å². The van der Waals surface area contributed by atoms with Gasteiger partial charge < -0.3 is 30.9 Å². The Hall–Kier alpha value is -3.79. The van der Waals surface area contributed by atoms with E-state index < -0.39 is 20.1 Å². The lowest BCUT2D eigenvalue weighted by atomic mass is 10.1. The molecule has 3 amide bonds. The third kappa shape index (κ3) is 6.43. The number of benzene rings is 2. The zero-order valence-corrected chi connectivity index (χ0v) is 24.4. The summed E-state index contributed by atoms with van der Waals surface area (Å²) < 4.78 is 5.81. The zero-order chi connectivity index (χ0) is 29.3. The lowest BCUT2D eigenvalue weighted by Gasteiger charge is -2.28. The van der Waals surface area contributed by atoms with Gasteiger partial charge in [-0.05, 0) is 79.5 Å². The third-order valence-electron chi connectivity index (χ3n) is 7.62. The highest BCUT2D eigenvalue weighted by molar-refractivity contribution is 7.59. The molecule has 6 N–H and O–H groups in total. The Balaban J connectivity index is 1.14. The maximum atomic E-state index is 13.2. The summed E-state index contributed by atoms with van der Waals surface area (Å²) in [6, 6.07) is 15.0. The smallest absolute Gasteiger partial charge is 0.251 e. The van der Waals surface area contributed by atoms with Crippen LogP contribution in [0, 0.1) is 17.2 Å². The predicted molar refractivity (Wildman–Crippen MR) is 159 cm³/mol. The SMILES string of the molecule is CC1C2CC(C(=O)NCc3cc(C(=N)N)cs3)N(C(=O)CNC(=O)c3ccc(Oc4ccc(P(C)O)cc4)cc3)C12. The lowest BCUT2D eigenvalue weighted by molar-refractivity contribution is -0.139. The molecule has 1 saturated carbocycles. The van der Waals surface area contributed by atoms with Crippen LogP contribution in [-0.4, -0.2) is 58.6 Å². The molecule has 5 rings (SSSR count). The van der Waals surface area contributed by atoms with Gasteiger partial charge >= 0.3 is 0 Å². The molecule has 5 atom stereocenters. The number of amidine groups is 1. The summed E-state index contributed by atoms with van der Waals surface area (Å²) in [7, 11) is -1.17. The molecule has 5 unspecified atom stereocenters. The van der Waals surface area contributed by atoms with Gasteiger partial charge in [0.2, 0.25) is 11.8 Å². The van der Waals surface area contributed by atoms with Crippen molar-refractivity contribution in [3.8, 4) is 11.5 Å². The molecule has 0 bridgehead atoms. The lowest BCUT2D eigenvalue weighted by Crippen LogP contribution is -2.51. The minimum atomic E-state index is -1.17. The van der Waals surface area contributed by atoms with E-state index in [9.17, 15) is 19.3 Å². The number of nitrogens with one attached hydrogen (secondary N) is 3. The van der Waals surface area contributed by atoms with Gasteiger partial charge in [-0.1, -0.05) is 6.92 Å². The number of thiophene rings is 1. The number of hydrogen-bond acceptors (Lipinski definition) is 7. The van der Waals surface area contributed by atoms with Gasteiger partial charge in [-0.2, -0.15) is 0 Å². The molecule has 3 aromatic rings. The van der Waals surface area contributed by atoms with Crippen LogP contribution in [0.2, 0.25) is 0 Å². The summed E-state index contributed by atoms with van der Waals surface area (Å²) in [6.45, 7) is 3.92. The number of fused-ring (bicyclic) bond motifs is 1. The average molecular weight is 594 g/mol. The van der Waals surface area contributed by atoms with E-state index >= 15 is 0 Å². The van der Waals surface area contributed by atoms with E-state index in [1.165, 1.54) is 11.3 Å². The molecule has 2 fully saturated rings. The Kier molecular flexibility index (Phi) is 8.40. The predicted octanol–water partition coefficient (Wildman–Crippen LogP) is 2.75. The van der Waals surface area contributed by atoms with Crippen molar-refractivity contribution < 1.29 is 24.0 Å². The first-order valence-corrected chi connectivity index (χ1v) is 15.8. The normalized spacial score (nSPS) is 21.5. The molecule has 1 aromatic heterocycles. The van der Waals surface area contributed by atoms with Gasteiger partial charge in [0, 0.05) is 32.7 Å². The fraction of sp³-hybridized carbons (Fsp3) is 0.310. The zero-order valence-electron chi connectivity index (χ0n) is 22.7. The van der Waals surface area contributed by atoms with E-state index in [1.807, 2.05) is 12.1 Å². The number of nitrogens with two attached hydrogens (primary N) is 1. The maximum Gasteiger partial charge on any atom is 0.251 e. The second kappa shape index (κ2) is 12.0. The summed E-state index contributed by atoms with van der Waals surface area (Å²) in [4.78, 5) is 51.2. The van der Waals surface area contributed by atoms with Gasteiger partial charge in [0.05, 0.1) is 21.2 Å². The van der Waals surface area contributed by atoms with Crippen LogP contribution in [-0.2, 0) is 16.1 Å². The molecule has 214 valence electrons. The van der Waals surface area contributed by atoms with Crippen molar-refractivity contribution in [3.05, 3.63) is 76.0 Å². The molecular weight excluding hydrogens is 561 g/mol. The topological polar surface area (TPSA) is 158 Å². The van der Waals surface area contributed by atoms with Gasteiger partial charge in [-0.15, -0.1) is 11.3 Å². The van der Waals surface area contributed by atoms with E-state index in [-0.39, 0.29) is 36.2 Å². The number of rotatable bonds is 10. The Bertz CT molecular complexity index is 1460. The number of likely N-dealkylation sites (tertiary alicyclic amines) is 1. The fourth-order valence-corrected chi connectivity index (χ4v) is 6.69. The minimum Gasteiger partial charge on any atom is -0.457 e. The quantitative estimate of drug-likeness (QED) is 0.138. The fourth-order valence-electron chi connectivity index (χ4n) is 5.28. The van der Waals surface area contributed by atoms with Crippen molar-refractivity contribution in [2.75, 3.05) is 13.2 Å². The summed E-state index contributed by atoms with van der Waals surface area (Å²) in [5, 5.41) is 15.7. The van der Waals surface area contributed by atoms with Crippen LogP contribution in [0.5, 0.6) is 11.5 Å². The first kappa shape index (κ1) is 28.7. The number of amides is 3. The van der Waals surface area contributed by atoms with Crippen molar-refractivity contribution in [3.63, 3.8) is 0 Å². The Morgan fingerprint density at radius 1 is 1.10 bits per heavy atom. The van der Waals surface area contributed by atoms with Crippen LogP contribution < -0.4 is 26.4 Å². The van der Waals surface area contributed by atoms with E-state index in [0.717, 1.165) is 10.2 Å². The molecule has 1 aliphatic heterocycles. The molecule has 0 radical (unpaired) electrons. The minimum absolute atomic E-state index is 0.00777. The Morgan fingerprint density at radius 3 is 2.37 bits per heavy atom. The van der Waals surface area contributed by atoms with Gasteiger partial charge in [0.25, 0.3) is 5.91 Å². The summed E-state index contributed by atoms with van der Waals surface area (Å²) in [5.74, 6) is 0.847. The van der Waals surface area contributed by atoms with Gasteiger partial charge in [-0.25, -0.2) is 0 Å². The molecule has 2 aliphatic rings. The number of ether oxygens (including phenoxy) is 1. The molecule has 1 aliphatic carbocycles. The van der Waals surface area contributed by atoms with E-state index in [4.69, 9.17) is 15.9 Å². The third-order valence-corrected chi connectivity index (χ3v) is 9.60. The maximum absolute atomic E-state index is 13.2. The van der Waals surface area contributed by atoms with Crippen LogP contribution in [0.3, 0.4) is 0 Å². The number of nitrogen functional groups attached to an aromatic ring is 1. The molecule has 2 aromatic carbocycles. The van der Waals surface area contributed by atoms with Crippen LogP contribution in [0.4, 0.5) is 0 Å². The van der Waals surface area contributed by atoms with Gasteiger partial charge in [0.15, 0.2) is 0 Å². The van der Waals surface area contributed by atoms with Crippen molar-refractivity contribution in [1.82, 2.24) is 15.5 Å². The molecule has 12 heteroatoms. The van der Waals surface area contributed by atoms with Crippen molar-refractivity contribution in [2.24, 2.45) is 17.6 Å². The highest BCUT2D eigenvalue weighted by atomic mass is 32.1. The molecular formula is C29H32N5O5PS. The first-order chi connectivity index (χ1) is 19.6. The summed E-state index contributed by atoms with van der Waals surface area (Å²) in [5.41, 5.74) is 6.52. The molecule has 2 heterocycles. The highest BCUT2D eigenvalue weighted by Gasteiger charge is 2.61. The highest BCUT2D eigenvalue weighted by Crippen LogP contribution is 2.53. The number of nitrogens with zero attached hydrogens (tertiary/aromatic N) is 1. The molecule has 10 nitrogen and oxygen atoms in total. The van der Waals surface area contributed by atoms with Crippen LogP contribution >= 0.6 is 19.5 Å². The monoisotopic (exact) mass is 593 g/mol. The molecule has 0 spiro atoms. The van der Waals surface area contributed by atoms with Crippen molar-refractivity contribution in [1.29, 1.82) is 5.41 Å². The summed E-state index contributed by atoms with van der Waals surface area (Å²) in [6.07, 6.45) is 0.602. The van der Waals surface area contributed by atoms with Crippen molar-refractivity contribution in [2.45, 2.75) is 32.0 Å².